The van der Waals surface area contributed by atoms with Crippen molar-refractivity contribution < 1.29 is 13.2 Å². The second-order valence-corrected chi connectivity index (χ2v) is 7.75. The Labute approximate surface area is 151 Å². The van der Waals surface area contributed by atoms with Crippen LogP contribution in [0.4, 0.5) is 0 Å². The summed E-state index contributed by atoms with van der Waals surface area (Å²) in [4.78, 5) is 14.3. The van der Waals surface area contributed by atoms with E-state index in [1.807, 2.05) is 19.1 Å². The lowest BCUT2D eigenvalue weighted by molar-refractivity contribution is 0.0697. The molecule has 10 heteroatoms. The number of carbonyl (C=O) groups excluding carboxylic acids is 1. The quantitative estimate of drug-likeness (QED) is 0.846. The summed E-state index contributed by atoms with van der Waals surface area (Å²) in [5, 5.41) is 10.0. The second-order valence-electron chi connectivity index (χ2n) is 5.77. The van der Waals surface area contributed by atoms with Crippen molar-refractivity contribution in [2.75, 3.05) is 26.2 Å². The molecule has 134 valence electrons. The van der Waals surface area contributed by atoms with Crippen molar-refractivity contribution in [1.29, 1.82) is 0 Å². The van der Waals surface area contributed by atoms with E-state index in [0.717, 1.165) is 5.69 Å². The van der Waals surface area contributed by atoms with Gasteiger partial charge in [-0.1, -0.05) is 11.6 Å². The molecule has 0 bridgehead atoms. The number of rotatable bonds is 3. The minimum atomic E-state index is -3.72. The van der Waals surface area contributed by atoms with E-state index in [4.69, 9.17) is 16.7 Å². The van der Waals surface area contributed by atoms with Gasteiger partial charge in [-0.3, -0.25) is 4.79 Å². The maximum absolute atomic E-state index is 12.7. The van der Waals surface area contributed by atoms with E-state index in [9.17, 15) is 13.2 Å². The van der Waals surface area contributed by atoms with Gasteiger partial charge in [0.25, 0.3) is 16.1 Å². The highest BCUT2D eigenvalue weighted by Gasteiger charge is 2.28. The van der Waals surface area contributed by atoms with E-state index in [1.165, 1.54) is 10.5 Å². The molecule has 0 spiro atoms. The highest BCUT2D eigenvalue weighted by Crippen LogP contribution is 2.19. The summed E-state index contributed by atoms with van der Waals surface area (Å²) in [5.74, 6) is -0.174. The predicted molar refractivity (Wildman–Crippen MR) is 93.9 cm³/mol. The molecule has 0 radical (unpaired) electrons. The zero-order valence-electron chi connectivity index (χ0n) is 13.6. The lowest BCUT2D eigenvalue weighted by Crippen LogP contribution is -2.52. The molecule has 2 heterocycles. The number of nitrogens with zero attached hydrogens (tertiary/aromatic N) is 4. The van der Waals surface area contributed by atoms with Gasteiger partial charge in [-0.15, -0.1) is 0 Å². The van der Waals surface area contributed by atoms with Crippen LogP contribution in [0.2, 0.25) is 5.02 Å². The molecular formula is C15H18ClN5O3S. The number of piperazine rings is 1. The van der Waals surface area contributed by atoms with Gasteiger partial charge in [-0.2, -0.15) is 17.8 Å². The van der Waals surface area contributed by atoms with E-state index >= 15 is 0 Å². The van der Waals surface area contributed by atoms with Crippen LogP contribution in [0.5, 0.6) is 0 Å². The van der Waals surface area contributed by atoms with Crippen molar-refractivity contribution in [3.8, 4) is 5.69 Å². The van der Waals surface area contributed by atoms with Crippen molar-refractivity contribution >= 4 is 27.7 Å². The van der Waals surface area contributed by atoms with Crippen LogP contribution in [0.15, 0.2) is 30.5 Å². The number of carbonyl (C=O) groups is 1. The molecule has 0 aliphatic carbocycles. The smallest absolute Gasteiger partial charge is 0.277 e. The van der Waals surface area contributed by atoms with Crippen LogP contribution in [0.3, 0.4) is 0 Å². The summed E-state index contributed by atoms with van der Waals surface area (Å²) in [7, 11) is -3.72. The Morgan fingerprint density at radius 2 is 1.76 bits per heavy atom. The Morgan fingerprint density at radius 3 is 2.32 bits per heavy atom. The topological polar surface area (TPSA) is 102 Å². The summed E-state index contributed by atoms with van der Waals surface area (Å²) in [5.41, 5.74) is 2.00. The molecule has 0 unspecified atom stereocenters. The third kappa shape index (κ3) is 3.69. The summed E-state index contributed by atoms with van der Waals surface area (Å²) >= 11 is 5.89. The van der Waals surface area contributed by atoms with Crippen LogP contribution >= 0.6 is 11.6 Å². The monoisotopic (exact) mass is 383 g/mol. The van der Waals surface area contributed by atoms with Crippen LogP contribution < -0.4 is 5.14 Å². The van der Waals surface area contributed by atoms with Gasteiger partial charge in [0.1, 0.15) is 0 Å². The summed E-state index contributed by atoms with van der Waals surface area (Å²) in [6, 6.07) is 7.15. The van der Waals surface area contributed by atoms with Gasteiger partial charge < -0.3 is 4.90 Å². The fraction of sp³-hybridized carbons (Fsp3) is 0.333. The highest BCUT2D eigenvalue weighted by atomic mass is 35.5. The molecule has 1 aromatic heterocycles. The zero-order valence-corrected chi connectivity index (χ0v) is 15.2. The van der Waals surface area contributed by atoms with Gasteiger partial charge in [0, 0.05) is 31.2 Å². The van der Waals surface area contributed by atoms with Crippen LogP contribution in [0.1, 0.15) is 16.1 Å². The molecule has 3 rings (SSSR count). The fourth-order valence-corrected chi connectivity index (χ4v) is 3.58. The standard InChI is InChI=1S/C15H18ClN5O3S/c1-11-14(10-18-21(11)13-4-2-12(16)3-5-13)15(22)19-6-8-20(9-7-19)25(17,23)24/h2-5,10H,6-9H2,1H3,(H2,17,23,24). The molecule has 1 aromatic carbocycles. The molecule has 8 nitrogen and oxygen atoms in total. The molecule has 0 atom stereocenters. The lowest BCUT2D eigenvalue weighted by Gasteiger charge is -2.32. The maximum Gasteiger partial charge on any atom is 0.277 e. The molecule has 1 amide bonds. The molecule has 1 aliphatic heterocycles. The zero-order chi connectivity index (χ0) is 18.2. The first kappa shape index (κ1) is 17.9. The largest absolute Gasteiger partial charge is 0.336 e. The molecule has 0 saturated carbocycles. The first-order valence-corrected chi connectivity index (χ1v) is 9.53. The van der Waals surface area contributed by atoms with Gasteiger partial charge in [0.05, 0.1) is 23.1 Å². The number of hydrogen-bond donors (Lipinski definition) is 1. The first-order chi connectivity index (χ1) is 11.8. The van der Waals surface area contributed by atoms with Crippen molar-refractivity contribution in [3.05, 3.63) is 46.7 Å². The molecule has 1 aliphatic rings. The van der Waals surface area contributed by atoms with Crippen LogP contribution in [0, 0.1) is 6.92 Å². The summed E-state index contributed by atoms with van der Waals surface area (Å²) in [6.45, 7) is 2.78. The Hall–Kier alpha value is -1.94. The average molecular weight is 384 g/mol. The predicted octanol–water partition coefficient (Wildman–Crippen LogP) is 0.795. The normalized spacial score (nSPS) is 16.2. The van der Waals surface area contributed by atoms with E-state index < -0.39 is 10.2 Å². The third-order valence-corrected chi connectivity index (χ3v) is 5.53. The minimum Gasteiger partial charge on any atom is -0.336 e. The van der Waals surface area contributed by atoms with Crippen molar-refractivity contribution in [2.24, 2.45) is 5.14 Å². The Morgan fingerprint density at radius 1 is 1.16 bits per heavy atom. The van der Waals surface area contributed by atoms with E-state index in [1.54, 1.807) is 21.7 Å². The Kier molecular flexibility index (Phi) is 4.83. The average Bonchev–Trinajstić information content (AvgIpc) is 2.96. The van der Waals surface area contributed by atoms with Crippen LogP contribution in [-0.2, 0) is 10.2 Å². The molecule has 2 aromatic rings. The summed E-state index contributed by atoms with van der Waals surface area (Å²) in [6.07, 6.45) is 1.53. The maximum atomic E-state index is 12.7. The number of halogens is 1. The number of aromatic nitrogens is 2. The number of hydrogen-bond acceptors (Lipinski definition) is 4. The van der Waals surface area contributed by atoms with E-state index in [2.05, 4.69) is 5.10 Å². The fourth-order valence-electron chi connectivity index (χ4n) is 2.78. The van der Waals surface area contributed by atoms with Crippen molar-refractivity contribution in [1.82, 2.24) is 19.0 Å². The van der Waals surface area contributed by atoms with Gasteiger partial charge in [-0.05, 0) is 31.2 Å². The molecule has 1 saturated heterocycles. The van der Waals surface area contributed by atoms with Gasteiger partial charge in [0.15, 0.2) is 0 Å². The molecule has 2 N–H and O–H groups in total. The SMILES string of the molecule is Cc1c(C(=O)N2CCN(S(N)(=O)=O)CC2)cnn1-c1ccc(Cl)cc1. The van der Waals surface area contributed by atoms with E-state index in [-0.39, 0.29) is 19.0 Å². The van der Waals surface area contributed by atoms with Gasteiger partial charge in [0.2, 0.25) is 0 Å². The van der Waals surface area contributed by atoms with Crippen LogP contribution in [0.25, 0.3) is 5.69 Å². The van der Waals surface area contributed by atoms with Gasteiger partial charge in [-0.25, -0.2) is 9.82 Å². The van der Waals surface area contributed by atoms with Crippen molar-refractivity contribution in [2.45, 2.75) is 6.92 Å². The second kappa shape index (κ2) is 6.75. The van der Waals surface area contributed by atoms with Crippen molar-refractivity contribution in [3.63, 3.8) is 0 Å². The molecule has 1 fully saturated rings. The third-order valence-electron chi connectivity index (χ3n) is 4.20. The number of nitrogens with two attached hydrogens (primary N) is 1. The minimum absolute atomic E-state index is 0.174. The Bertz CT molecular complexity index is 886. The van der Waals surface area contributed by atoms with E-state index in [0.29, 0.717) is 29.4 Å². The lowest BCUT2D eigenvalue weighted by atomic mass is 10.2. The van der Waals surface area contributed by atoms with Crippen LogP contribution in [-0.4, -0.2) is 59.5 Å². The number of benzene rings is 1. The molecule has 25 heavy (non-hydrogen) atoms. The van der Waals surface area contributed by atoms with Gasteiger partial charge >= 0.3 is 0 Å². The first-order valence-electron chi connectivity index (χ1n) is 7.65. The summed E-state index contributed by atoms with van der Waals surface area (Å²) < 4.78 is 25.5. The number of amides is 1. The highest BCUT2D eigenvalue weighted by molar-refractivity contribution is 7.86. The Balaban J connectivity index is 1.77. The molecular weight excluding hydrogens is 366 g/mol.